The molecule has 88 valence electrons. The van der Waals surface area contributed by atoms with Crippen LogP contribution in [0.4, 0.5) is 0 Å². The summed E-state index contributed by atoms with van der Waals surface area (Å²) in [5, 5.41) is 4.65. The van der Waals surface area contributed by atoms with Gasteiger partial charge in [-0.2, -0.15) is 0 Å². The minimum absolute atomic E-state index is 0.0270. The lowest BCUT2D eigenvalue weighted by Gasteiger charge is -2.07. The number of hydrogen-bond acceptors (Lipinski definition) is 3. The van der Waals surface area contributed by atoms with Crippen LogP contribution >= 0.6 is 23.2 Å². The molecule has 16 heavy (non-hydrogen) atoms. The van der Waals surface area contributed by atoms with Gasteiger partial charge in [-0.25, -0.2) is 0 Å². The molecule has 0 fully saturated rings. The molecule has 0 bridgehead atoms. The van der Waals surface area contributed by atoms with Gasteiger partial charge in [0.1, 0.15) is 12.4 Å². The van der Waals surface area contributed by atoms with Gasteiger partial charge in [0.25, 0.3) is 0 Å². The van der Waals surface area contributed by atoms with Crippen molar-refractivity contribution in [2.75, 3.05) is 13.2 Å². The van der Waals surface area contributed by atoms with E-state index < -0.39 is 0 Å². The fourth-order valence-corrected chi connectivity index (χ4v) is 1.28. The van der Waals surface area contributed by atoms with Gasteiger partial charge in [0, 0.05) is 11.1 Å². The fraction of sp³-hybridized carbons (Fsp3) is 0.222. The van der Waals surface area contributed by atoms with Crippen LogP contribution in [0.25, 0.3) is 0 Å². The summed E-state index contributed by atoms with van der Waals surface area (Å²) in [6.45, 7) is 0.831. The first kappa shape index (κ1) is 12.7. The van der Waals surface area contributed by atoms with E-state index in [9.17, 15) is 0 Å². The van der Waals surface area contributed by atoms with E-state index in [-0.39, 0.29) is 5.96 Å². The molecule has 0 saturated heterocycles. The third kappa shape index (κ3) is 4.46. The Kier molecular flexibility index (Phi) is 5.01. The van der Waals surface area contributed by atoms with Crippen LogP contribution in [-0.4, -0.2) is 19.1 Å². The minimum Gasteiger partial charge on any atom is -0.490 e. The number of hydrazone groups is 1. The summed E-state index contributed by atoms with van der Waals surface area (Å²) in [6.07, 6.45) is 0. The maximum Gasteiger partial charge on any atom is 0.208 e. The van der Waals surface area contributed by atoms with Crippen molar-refractivity contribution in [2.24, 2.45) is 16.6 Å². The topological polar surface area (TPSA) is 85.7 Å². The average molecular weight is 263 g/mol. The number of ether oxygens (including phenoxy) is 1. The summed E-state index contributed by atoms with van der Waals surface area (Å²) in [5.74, 6) is 0.501. The lowest BCUT2D eigenvalue weighted by Crippen LogP contribution is -2.27. The molecular formula is C9H12Cl2N4O. The molecule has 5 nitrogen and oxygen atoms in total. The van der Waals surface area contributed by atoms with Gasteiger partial charge in [0.05, 0.1) is 11.6 Å². The second-order valence-corrected chi connectivity index (χ2v) is 3.71. The monoisotopic (exact) mass is 262 g/mol. The molecule has 0 heterocycles. The predicted molar refractivity (Wildman–Crippen MR) is 65.8 cm³/mol. The van der Waals surface area contributed by atoms with Crippen molar-refractivity contribution >= 4 is 29.2 Å². The highest BCUT2D eigenvalue weighted by Crippen LogP contribution is 2.27. The third-order valence-electron chi connectivity index (χ3n) is 1.57. The van der Waals surface area contributed by atoms with Crippen LogP contribution in [0.2, 0.25) is 10.0 Å². The van der Waals surface area contributed by atoms with Crippen molar-refractivity contribution in [3.05, 3.63) is 28.2 Å². The molecule has 0 saturated carbocycles. The Balaban J connectivity index is 2.37. The fourth-order valence-electron chi connectivity index (χ4n) is 0.942. The number of nitrogens with two attached hydrogens (primary N) is 2. The van der Waals surface area contributed by atoms with Crippen molar-refractivity contribution < 1.29 is 4.74 Å². The molecule has 5 N–H and O–H groups in total. The van der Waals surface area contributed by atoms with Crippen molar-refractivity contribution in [2.45, 2.75) is 0 Å². The number of hydrogen-bond donors (Lipinski definition) is 3. The maximum absolute atomic E-state index is 5.89. The normalized spacial score (nSPS) is 9.62. The third-order valence-corrected chi connectivity index (χ3v) is 2.12. The van der Waals surface area contributed by atoms with Crippen LogP contribution in [0.3, 0.4) is 0 Å². The quantitative estimate of drug-likeness (QED) is 0.322. The van der Waals surface area contributed by atoms with Gasteiger partial charge in [0.2, 0.25) is 5.96 Å². The van der Waals surface area contributed by atoms with Gasteiger partial charge in [-0.15, -0.1) is 5.10 Å². The molecule has 1 aromatic rings. The van der Waals surface area contributed by atoms with Crippen LogP contribution in [0.15, 0.2) is 23.3 Å². The molecule has 0 radical (unpaired) electrons. The average Bonchev–Trinajstić information content (AvgIpc) is 2.22. The van der Waals surface area contributed by atoms with E-state index in [1.54, 1.807) is 18.2 Å². The second kappa shape index (κ2) is 6.30. The van der Waals surface area contributed by atoms with E-state index >= 15 is 0 Å². The first-order chi connectivity index (χ1) is 7.59. The molecule has 0 spiro atoms. The van der Waals surface area contributed by atoms with Gasteiger partial charge in [-0.1, -0.05) is 23.2 Å². The zero-order valence-corrected chi connectivity index (χ0v) is 9.92. The van der Waals surface area contributed by atoms with Gasteiger partial charge >= 0.3 is 0 Å². The lowest BCUT2D eigenvalue weighted by molar-refractivity contribution is 0.315. The molecule has 0 unspecified atom stereocenters. The molecule has 0 aliphatic carbocycles. The van der Waals surface area contributed by atoms with Crippen molar-refractivity contribution in [1.29, 1.82) is 0 Å². The number of rotatable bonds is 5. The zero-order valence-electron chi connectivity index (χ0n) is 8.41. The first-order valence-corrected chi connectivity index (χ1v) is 5.24. The zero-order chi connectivity index (χ0) is 12.0. The molecule has 7 heteroatoms. The van der Waals surface area contributed by atoms with Gasteiger partial charge in [-0.3, -0.25) is 0 Å². The Bertz CT molecular complexity index is 380. The van der Waals surface area contributed by atoms with Crippen LogP contribution in [0.5, 0.6) is 5.75 Å². The standard InChI is InChI=1S/C9H12Cl2N4O/c10-6-1-2-7(11)8(5-6)16-4-3-14-15-9(12)13/h1-2,5,14H,3-4H2,(H4,12,13,15). The highest BCUT2D eigenvalue weighted by molar-refractivity contribution is 6.34. The molecule has 0 aliphatic rings. The van der Waals surface area contributed by atoms with Gasteiger partial charge in [0.15, 0.2) is 0 Å². The molecule has 0 atom stereocenters. The lowest BCUT2D eigenvalue weighted by atomic mass is 10.3. The summed E-state index contributed by atoms with van der Waals surface area (Å²) in [5.41, 5.74) is 12.9. The van der Waals surface area contributed by atoms with Crippen LogP contribution < -0.4 is 21.6 Å². The van der Waals surface area contributed by atoms with Crippen molar-refractivity contribution in [3.63, 3.8) is 0 Å². The molecule has 0 aliphatic heterocycles. The van der Waals surface area contributed by atoms with Crippen molar-refractivity contribution in [1.82, 2.24) is 5.43 Å². The smallest absolute Gasteiger partial charge is 0.208 e. The number of halogens is 2. The number of nitrogens with zero attached hydrogens (tertiary/aromatic N) is 1. The summed E-state index contributed by atoms with van der Waals surface area (Å²) in [6, 6.07) is 5.00. The van der Waals surface area contributed by atoms with Crippen molar-refractivity contribution in [3.8, 4) is 5.75 Å². The molecule has 1 aromatic carbocycles. The molecule has 0 aromatic heterocycles. The number of benzene rings is 1. The van der Waals surface area contributed by atoms with Gasteiger partial charge < -0.3 is 21.6 Å². The van der Waals surface area contributed by atoms with Crippen LogP contribution in [-0.2, 0) is 0 Å². The Morgan fingerprint density at radius 1 is 1.38 bits per heavy atom. The number of guanidine groups is 1. The van der Waals surface area contributed by atoms with E-state index in [0.29, 0.717) is 28.9 Å². The minimum atomic E-state index is -0.0270. The Morgan fingerprint density at radius 2 is 2.12 bits per heavy atom. The maximum atomic E-state index is 5.89. The Labute approximate surface area is 103 Å². The van der Waals surface area contributed by atoms with E-state index in [1.807, 2.05) is 0 Å². The second-order valence-electron chi connectivity index (χ2n) is 2.87. The Hall–Kier alpha value is -1.33. The summed E-state index contributed by atoms with van der Waals surface area (Å²) in [7, 11) is 0. The molecule has 1 rings (SSSR count). The van der Waals surface area contributed by atoms with E-state index in [4.69, 9.17) is 39.4 Å². The highest BCUT2D eigenvalue weighted by Gasteiger charge is 2.01. The summed E-state index contributed by atoms with van der Waals surface area (Å²) >= 11 is 11.7. The van der Waals surface area contributed by atoms with Gasteiger partial charge in [-0.05, 0) is 12.1 Å². The largest absolute Gasteiger partial charge is 0.490 e. The summed E-state index contributed by atoms with van der Waals surface area (Å²) < 4.78 is 5.37. The van der Waals surface area contributed by atoms with E-state index in [0.717, 1.165) is 0 Å². The predicted octanol–water partition coefficient (Wildman–Crippen LogP) is 1.15. The SMILES string of the molecule is NC(N)=NNCCOc1cc(Cl)ccc1Cl. The summed E-state index contributed by atoms with van der Waals surface area (Å²) in [4.78, 5) is 0. The van der Waals surface area contributed by atoms with E-state index in [1.165, 1.54) is 0 Å². The van der Waals surface area contributed by atoms with Crippen LogP contribution in [0, 0.1) is 0 Å². The highest BCUT2D eigenvalue weighted by atomic mass is 35.5. The first-order valence-electron chi connectivity index (χ1n) is 4.49. The Morgan fingerprint density at radius 3 is 2.81 bits per heavy atom. The molecular weight excluding hydrogens is 251 g/mol. The number of nitrogens with one attached hydrogen (secondary N) is 1. The van der Waals surface area contributed by atoms with E-state index in [2.05, 4.69) is 10.5 Å². The van der Waals surface area contributed by atoms with Crippen LogP contribution in [0.1, 0.15) is 0 Å². The molecule has 0 amide bonds.